The van der Waals surface area contributed by atoms with E-state index in [4.69, 9.17) is 4.74 Å². The van der Waals surface area contributed by atoms with Gasteiger partial charge in [0.2, 0.25) is 0 Å². The minimum absolute atomic E-state index is 0.0292. The van der Waals surface area contributed by atoms with Crippen LogP contribution in [0.2, 0.25) is 0 Å². The predicted molar refractivity (Wildman–Crippen MR) is 260 cm³/mol. The molecule has 7 nitrogen and oxygen atoms in total. The molecule has 0 spiro atoms. The first-order valence-electron chi connectivity index (χ1n) is 26.2. The molecule has 0 fully saturated rings. The highest BCUT2D eigenvalue weighted by Gasteiger charge is 2.15. The highest BCUT2D eigenvalue weighted by atomic mass is 16.5. The van der Waals surface area contributed by atoms with Gasteiger partial charge in [0.05, 0.1) is 13.2 Å². The molecule has 0 saturated carbocycles. The molecule has 0 aliphatic heterocycles. The fourth-order valence-corrected chi connectivity index (χ4v) is 7.42. The zero-order valence-electron chi connectivity index (χ0n) is 42.0. The number of hydrogen-bond acceptors (Lipinski definition) is 7. The minimum Gasteiger partial charge on any atom is -0.468 e. The van der Waals surface area contributed by atoms with E-state index in [1.54, 1.807) is 0 Å². The molecular weight excluding hydrogens is 747 g/mol. The van der Waals surface area contributed by atoms with E-state index in [-0.39, 0.29) is 12.1 Å². The van der Waals surface area contributed by atoms with Crippen molar-refractivity contribution in [1.82, 2.24) is 4.90 Å². The Morgan fingerprint density at radius 2 is 0.767 bits per heavy atom. The summed E-state index contributed by atoms with van der Waals surface area (Å²) in [5.74, 6) is 1.13. The summed E-state index contributed by atoms with van der Waals surface area (Å²) in [5.41, 5.74) is 0. The van der Waals surface area contributed by atoms with Crippen LogP contribution in [0.3, 0.4) is 0 Å². The van der Waals surface area contributed by atoms with Crippen LogP contribution < -0.4 is 0 Å². The number of carbonyl (C=O) groups excluding carboxylic acids is 3. The number of rotatable bonds is 44. The van der Waals surface area contributed by atoms with Gasteiger partial charge in [0.25, 0.3) is 12.9 Å². The standard InChI is InChI=1S/C39H79NO2.2C7H14O2/c1-6-8-10-12-14-16-18-20-22-24-26-28-30-33-38(42-39(41)35-32-36-40(5)37(3)4)34-31-29-27-25-23-21-19-17-15-13-11-9-7-2;2*1-3-7(4-2)5-9-6-8/h37-38H,6-36H2,1-5H3;2*6-7H,3-5H2,1-2H3. The molecule has 0 radical (unpaired) electrons. The van der Waals surface area contributed by atoms with Crippen molar-refractivity contribution in [2.24, 2.45) is 11.8 Å². The largest absolute Gasteiger partial charge is 0.468 e. The Morgan fingerprint density at radius 3 is 1.03 bits per heavy atom. The quantitative estimate of drug-likeness (QED) is 0.0261. The fourth-order valence-electron chi connectivity index (χ4n) is 7.42. The van der Waals surface area contributed by atoms with Crippen LogP contribution in [0.4, 0.5) is 0 Å². The van der Waals surface area contributed by atoms with Gasteiger partial charge in [-0.2, -0.15) is 0 Å². The second-order valence-corrected chi connectivity index (χ2v) is 18.1. The summed E-state index contributed by atoms with van der Waals surface area (Å²) < 4.78 is 15.2. The van der Waals surface area contributed by atoms with Gasteiger partial charge in [-0.25, -0.2) is 0 Å². The van der Waals surface area contributed by atoms with Gasteiger partial charge in [-0.3, -0.25) is 14.4 Å². The summed E-state index contributed by atoms with van der Waals surface area (Å²) >= 11 is 0. The van der Waals surface area contributed by atoms with Crippen LogP contribution in [0.15, 0.2) is 0 Å². The van der Waals surface area contributed by atoms with Crippen molar-refractivity contribution in [3.8, 4) is 0 Å². The second-order valence-electron chi connectivity index (χ2n) is 18.1. The third kappa shape index (κ3) is 50.7. The SMILES string of the molecule is CCC(CC)COC=O.CCC(CC)COC=O.CCCCCCCCCCCCCCCC(CCCCCCCCCCCCCCC)OC(=O)CCCN(C)C(C)C. The van der Waals surface area contributed by atoms with Crippen molar-refractivity contribution in [3.05, 3.63) is 0 Å². The van der Waals surface area contributed by atoms with Gasteiger partial charge >= 0.3 is 5.97 Å². The molecule has 60 heavy (non-hydrogen) atoms. The van der Waals surface area contributed by atoms with Gasteiger partial charge in [-0.15, -0.1) is 0 Å². The lowest BCUT2D eigenvalue weighted by molar-refractivity contribution is -0.150. The molecule has 0 rings (SSSR count). The maximum Gasteiger partial charge on any atom is 0.306 e. The lowest BCUT2D eigenvalue weighted by Gasteiger charge is -2.21. The summed E-state index contributed by atoms with van der Waals surface area (Å²) in [5, 5.41) is 0. The third-order valence-corrected chi connectivity index (χ3v) is 12.4. The Morgan fingerprint density at radius 1 is 0.467 bits per heavy atom. The molecule has 0 heterocycles. The Bertz CT molecular complexity index is 780. The molecule has 360 valence electrons. The van der Waals surface area contributed by atoms with Crippen LogP contribution in [0.25, 0.3) is 0 Å². The summed E-state index contributed by atoms with van der Waals surface area (Å²) in [7, 11) is 2.14. The summed E-state index contributed by atoms with van der Waals surface area (Å²) in [6, 6.07) is 0.528. The van der Waals surface area contributed by atoms with Crippen LogP contribution in [0.1, 0.15) is 274 Å². The van der Waals surface area contributed by atoms with Gasteiger partial charge in [-0.1, -0.05) is 221 Å². The first-order valence-corrected chi connectivity index (χ1v) is 26.2. The number of ether oxygens (including phenoxy) is 3. The zero-order chi connectivity index (χ0) is 45.2. The van der Waals surface area contributed by atoms with Crippen molar-refractivity contribution in [2.75, 3.05) is 26.8 Å². The lowest BCUT2D eigenvalue weighted by Crippen LogP contribution is -2.28. The smallest absolute Gasteiger partial charge is 0.306 e. The van der Waals surface area contributed by atoms with Crippen LogP contribution in [-0.4, -0.2) is 62.8 Å². The Kier molecular flexibility index (Phi) is 55.9. The Hall–Kier alpha value is -1.63. The maximum atomic E-state index is 12.6. The van der Waals surface area contributed by atoms with E-state index in [9.17, 15) is 14.4 Å². The van der Waals surface area contributed by atoms with E-state index in [1.807, 2.05) is 0 Å². The van der Waals surface area contributed by atoms with Crippen molar-refractivity contribution >= 4 is 18.9 Å². The lowest BCUT2D eigenvalue weighted by atomic mass is 10.0. The van der Waals surface area contributed by atoms with E-state index in [0.717, 1.165) is 51.5 Å². The highest BCUT2D eigenvalue weighted by molar-refractivity contribution is 5.69. The first-order chi connectivity index (χ1) is 29.2. The molecule has 0 N–H and O–H groups in total. The number of nitrogens with zero attached hydrogens (tertiary/aromatic N) is 1. The van der Waals surface area contributed by atoms with Crippen LogP contribution in [0, 0.1) is 11.8 Å². The zero-order valence-corrected chi connectivity index (χ0v) is 42.0. The molecule has 0 aromatic heterocycles. The molecule has 0 aromatic carbocycles. The molecule has 0 atom stereocenters. The van der Waals surface area contributed by atoms with Gasteiger partial charge in [0.1, 0.15) is 6.10 Å². The molecule has 0 amide bonds. The summed E-state index contributed by atoms with van der Waals surface area (Å²) in [6.45, 7) is 20.6. The second kappa shape index (κ2) is 53.5. The van der Waals surface area contributed by atoms with Crippen molar-refractivity contribution in [3.63, 3.8) is 0 Å². The van der Waals surface area contributed by atoms with Gasteiger partial charge in [0, 0.05) is 12.5 Å². The molecule has 7 heteroatoms. The Labute approximate surface area is 375 Å². The van der Waals surface area contributed by atoms with Crippen molar-refractivity contribution in [1.29, 1.82) is 0 Å². The van der Waals surface area contributed by atoms with Crippen LogP contribution in [0.5, 0.6) is 0 Å². The molecule has 0 unspecified atom stereocenters. The van der Waals surface area contributed by atoms with E-state index in [1.165, 1.54) is 167 Å². The van der Waals surface area contributed by atoms with Gasteiger partial charge in [-0.05, 0) is 71.4 Å². The number of hydrogen-bond donors (Lipinski definition) is 0. The fraction of sp³-hybridized carbons (Fsp3) is 0.943. The van der Waals surface area contributed by atoms with Crippen LogP contribution in [-0.2, 0) is 28.6 Å². The van der Waals surface area contributed by atoms with E-state index < -0.39 is 0 Å². The van der Waals surface area contributed by atoms with Crippen molar-refractivity contribution in [2.45, 2.75) is 286 Å². The molecule has 0 bridgehead atoms. The molecule has 0 aliphatic rings. The van der Waals surface area contributed by atoms with E-state index >= 15 is 0 Å². The summed E-state index contributed by atoms with van der Waals surface area (Å²) in [6.07, 6.45) is 44.0. The molecule has 0 saturated heterocycles. The maximum absolute atomic E-state index is 12.6. The van der Waals surface area contributed by atoms with Crippen LogP contribution >= 0.6 is 0 Å². The van der Waals surface area contributed by atoms with Crippen molar-refractivity contribution < 1.29 is 28.6 Å². The van der Waals surface area contributed by atoms with E-state index in [0.29, 0.717) is 50.5 Å². The summed E-state index contributed by atoms with van der Waals surface area (Å²) in [4.78, 5) is 34.4. The minimum atomic E-state index is 0.0292. The normalized spacial score (nSPS) is 11.2. The average Bonchev–Trinajstić information content (AvgIpc) is 3.25. The number of unbranched alkanes of at least 4 members (excludes halogenated alkanes) is 24. The topological polar surface area (TPSA) is 82.1 Å². The third-order valence-electron chi connectivity index (χ3n) is 12.4. The van der Waals surface area contributed by atoms with E-state index in [2.05, 4.69) is 76.8 Å². The molecule has 0 aromatic rings. The number of carbonyl (C=O) groups is 3. The van der Waals surface area contributed by atoms with Gasteiger partial charge < -0.3 is 19.1 Å². The van der Waals surface area contributed by atoms with Gasteiger partial charge in [0.15, 0.2) is 0 Å². The molecular formula is C53H107NO6. The molecule has 0 aliphatic carbocycles. The number of esters is 1. The predicted octanol–water partition coefficient (Wildman–Crippen LogP) is 16.2. The monoisotopic (exact) mass is 854 g/mol. The Balaban J connectivity index is -0.00000148. The first kappa shape index (κ1) is 62.7. The highest BCUT2D eigenvalue weighted by Crippen LogP contribution is 2.19. The average molecular weight is 854 g/mol.